The maximum Gasteiger partial charge on any atom is 0.297 e. The third kappa shape index (κ3) is 2.95. The van der Waals surface area contributed by atoms with Crippen molar-refractivity contribution >= 4 is 22.7 Å². The largest absolute Gasteiger partial charge is 0.352 e. The highest BCUT2D eigenvalue weighted by Gasteiger charge is 2.19. The normalized spacial score (nSPS) is 16.0. The molecule has 26 heavy (non-hydrogen) atoms. The molecule has 3 aromatic rings. The number of amides is 1. The number of pyridine rings is 1. The third-order valence-electron chi connectivity index (χ3n) is 5.05. The molecule has 8 nitrogen and oxygen atoms in total. The van der Waals surface area contributed by atoms with E-state index >= 15 is 0 Å². The molecule has 0 aliphatic heterocycles. The van der Waals surface area contributed by atoms with E-state index in [0.717, 1.165) is 25.7 Å². The Kier molecular flexibility index (Phi) is 4.40. The smallest absolute Gasteiger partial charge is 0.297 e. The summed E-state index contributed by atoms with van der Waals surface area (Å²) in [7, 11) is 0. The van der Waals surface area contributed by atoms with Crippen molar-refractivity contribution in [1.82, 2.24) is 29.5 Å². The summed E-state index contributed by atoms with van der Waals surface area (Å²) in [6.45, 7) is 1.73. The van der Waals surface area contributed by atoms with Crippen molar-refractivity contribution in [2.75, 3.05) is 0 Å². The molecule has 0 unspecified atom stereocenters. The molecule has 1 aliphatic rings. The average molecular weight is 354 g/mol. The van der Waals surface area contributed by atoms with E-state index in [1.807, 2.05) is 0 Å². The van der Waals surface area contributed by atoms with Crippen LogP contribution in [-0.2, 0) is 11.3 Å². The molecule has 1 saturated carbocycles. The molecule has 0 aromatic carbocycles. The Morgan fingerprint density at radius 1 is 1.19 bits per heavy atom. The van der Waals surface area contributed by atoms with Gasteiger partial charge in [-0.1, -0.05) is 25.7 Å². The second kappa shape index (κ2) is 6.86. The maximum atomic E-state index is 12.9. The van der Waals surface area contributed by atoms with Crippen LogP contribution in [0.25, 0.3) is 16.8 Å². The fourth-order valence-electron chi connectivity index (χ4n) is 3.75. The third-order valence-corrected chi connectivity index (χ3v) is 5.05. The lowest BCUT2D eigenvalue weighted by molar-refractivity contribution is -0.122. The van der Waals surface area contributed by atoms with Crippen molar-refractivity contribution in [2.45, 2.75) is 58.0 Å². The first kappa shape index (κ1) is 16.7. The van der Waals surface area contributed by atoms with Gasteiger partial charge in [-0.05, 0) is 31.9 Å². The molecule has 1 fully saturated rings. The second-order valence-corrected chi connectivity index (χ2v) is 6.90. The average Bonchev–Trinajstić information content (AvgIpc) is 2.85. The Morgan fingerprint density at radius 2 is 1.96 bits per heavy atom. The summed E-state index contributed by atoms with van der Waals surface area (Å²) in [5, 5.41) is 11.1. The zero-order valence-electron chi connectivity index (χ0n) is 14.8. The van der Waals surface area contributed by atoms with Crippen molar-refractivity contribution in [3.8, 4) is 0 Å². The van der Waals surface area contributed by atoms with Gasteiger partial charge in [-0.2, -0.15) is 0 Å². The first-order valence-corrected chi connectivity index (χ1v) is 9.14. The molecule has 0 bridgehead atoms. The van der Waals surface area contributed by atoms with Gasteiger partial charge in [0.05, 0.1) is 5.52 Å². The standard InChI is InChI=1S/C18H22N6O2/c1-12-21-22-17-18(26)23(14-9-6-10-19-16(14)24(12)17)11-15(25)20-13-7-4-2-3-5-8-13/h6,9-10,13H,2-5,7-8,11H2,1H3,(H,20,25). The monoisotopic (exact) mass is 354 g/mol. The SMILES string of the molecule is Cc1nnc2c(=O)n(CC(=O)NC3CCCCCC3)c3cccnc3n12. The van der Waals surface area contributed by atoms with Gasteiger partial charge in [-0.15, -0.1) is 10.2 Å². The molecule has 1 aliphatic carbocycles. The van der Waals surface area contributed by atoms with Crippen molar-refractivity contribution in [3.05, 3.63) is 34.5 Å². The zero-order chi connectivity index (χ0) is 18.1. The summed E-state index contributed by atoms with van der Waals surface area (Å²) in [4.78, 5) is 29.8. The van der Waals surface area contributed by atoms with E-state index in [2.05, 4.69) is 20.5 Å². The van der Waals surface area contributed by atoms with Crippen LogP contribution >= 0.6 is 0 Å². The van der Waals surface area contributed by atoms with Gasteiger partial charge in [-0.25, -0.2) is 4.98 Å². The Balaban J connectivity index is 1.70. The minimum absolute atomic E-state index is 0.0417. The highest BCUT2D eigenvalue weighted by molar-refractivity contribution is 5.80. The molecule has 8 heteroatoms. The van der Waals surface area contributed by atoms with Gasteiger partial charge in [0, 0.05) is 12.2 Å². The van der Waals surface area contributed by atoms with Gasteiger partial charge < -0.3 is 5.32 Å². The quantitative estimate of drug-likeness (QED) is 0.721. The Labute approximate surface area is 150 Å². The van der Waals surface area contributed by atoms with E-state index in [0.29, 0.717) is 17.0 Å². The van der Waals surface area contributed by atoms with Gasteiger partial charge in [0.25, 0.3) is 5.56 Å². The molecule has 0 spiro atoms. The highest BCUT2D eigenvalue weighted by atomic mass is 16.2. The van der Waals surface area contributed by atoms with Gasteiger partial charge in [0.15, 0.2) is 5.65 Å². The van der Waals surface area contributed by atoms with Crippen LogP contribution in [0, 0.1) is 6.92 Å². The minimum Gasteiger partial charge on any atom is -0.352 e. The predicted molar refractivity (Wildman–Crippen MR) is 96.9 cm³/mol. The van der Waals surface area contributed by atoms with Crippen LogP contribution in [0.1, 0.15) is 44.3 Å². The molecule has 1 amide bonds. The summed E-state index contributed by atoms with van der Waals surface area (Å²) in [6, 6.07) is 3.75. The summed E-state index contributed by atoms with van der Waals surface area (Å²) >= 11 is 0. The number of nitrogens with zero attached hydrogens (tertiary/aromatic N) is 5. The van der Waals surface area contributed by atoms with E-state index in [1.165, 1.54) is 17.4 Å². The van der Waals surface area contributed by atoms with E-state index < -0.39 is 0 Å². The lowest BCUT2D eigenvalue weighted by atomic mass is 10.1. The van der Waals surface area contributed by atoms with E-state index in [1.54, 1.807) is 29.7 Å². The summed E-state index contributed by atoms with van der Waals surface area (Å²) < 4.78 is 3.08. The number of aryl methyl sites for hydroxylation is 1. The molecule has 0 atom stereocenters. The summed E-state index contributed by atoms with van der Waals surface area (Å²) in [5.74, 6) is 0.445. The topological polar surface area (TPSA) is 94.2 Å². The minimum atomic E-state index is -0.331. The fraction of sp³-hybridized carbons (Fsp3) is 0.500. The first-order chi connectivity index (χ1) is 12.6. The van der Waals surface area contributed by atoms with Crippen molar-refractivity contribution in [1.29, 1.82) is 0 Å². The number of rotatable bonds is 3. The lowest BCUT2D eigenvalue weighted by Crippen LogP contribution is -2.39. The van der Waals surface area contributed by atoms with Crippen LogP contribution in [0.5, 0.6) is 0 Å². The fourth-order valence-corrected chi connectivity index (χ4v) is 3.75. The summed E-state index contributed by atoms with van der Waals surface area (Å²) in [5.41, 5.74) is 1.04. The van der Waals surface area contributed by atoms with Crippen LogP contribution in [0.2, 0.25) is 0 Å². The molecule has 3 aromatic heterocycles. The molecular formula is C18H22N6O2. The number of fused-ring (bicyclic) bond motifs is 3. The Hall–Kier alpha value is -2.77. The van der Waals surface area contributed by atoms with Gasteiger partial charge >= 0.3 is 0 Å². The van der Waals surface area contributed by atoms with E-state index in [9.17, 15) is 9.59 Å². The molecule has 0 saturated heterocycles. The second-order valence-electron chi connectivity index (χ2n) is 6.90. The number of hydrogen-bond donors (Lipinski definition) is 1. The van der Waals surface area contributed by atoms with Crippen molar-refractivity contribution in [3.63, 3.8) is 0 Å². The first-order valence-electron chi connectivity index (χ1n) is 9.14. The number of nitrogens with one attached hydrogen (secondary N) is 1. The number of carbonyl (C=O) groups excluding carboxylic acids is 1. The van der Waals surface area contributed by atoms with Gasteiger partial charge in [0.2, 0.25) is 11.6 Å². The number of carbonyl (C=O) groups is 1. The maximum absolute atomic E-state index is 12.9. The van der Waals surface area contributed by atoms with Crippen LogP contribution in [0.3, 0.4) is 0 Å². The van der Waals surface area contributed by atoms with E-state index in [4.69, 9.17) is 0 Å². The zero-order valence-corrected chi connectivity index (χ0v) is 14.8. The molecule has 136 valence electrons. The molecular weight excluding hydrogens is 332 g/mol. The van der Waals surface area contributed by atoms with Gasteiger partial charge in [-0.3, -0.25) is 18.6 Å². The van der Waals surface area contributed by atoms with Crippen LogP contribution in [0.15, 0.2) is 23.1 Å². The van der Waals surface area contributed by atoms with Crippen LogP contribution in [0.4, 0.5) is 0 Å². The Bertz CT molecular complexity index is 1010. The van der Waals surface area contributed by atoms with Crippen LogP contribution in [-0.4, -0.2) is 36.1 Å². The van der Waals surface area contributed by atoms with E-state index in [-0.39, 0.29) is 29.7 Å². The molecule has 0 radical (unpaired) electrons. The molecule has 1 N–H and O–H groups in total. The highest BCUT2D eigenvalue weighted by Crippen LogP contribution is 2.17. The van der Waals surface area contributed by atoms with Crippen molar-refractivity contribution in [2.24, 2.45) is 0 Å². The number of aromatic nitrogens is 5. The number of hydrogen-bond acceptors (Lipinski definition) is 5. The molecule has 4 rings (SSSR count). The Morgan fingerprint density at radius 3 is 2.73 bits per heavy atom. The van der Waals surface area contributed by atoms with Crippen molar-refractivity contribution < 1.29 is 4.79 Å². The van der Waals surface area contributed by atoms with Crippen LogP contribution < -0.4 is 10.9 Å². The predicted octanol–water partition coefficient (Wildman–Crippen LogP) is 1.59. The van der Waals surface area contributed by atoms with Gasteiger partial charge in [0.1, 0.15) is 12.4 Å². The molecule has 3 heterocycles. The lowest BCUT2D eigenvalue weighted by Gasteiger charge is -2.17. The summed E-state index contributed by atoms with van der Waals surface area (Å²) in [6.07, 6.45) is 8.40.